The largest absolute Gasteiger partial charge is 0.490 e. The van der Waals surface area contributed by atoms with E-state index in [9.17, 15) is 37.1 Å². The Hall–Kier alpha value is -6.16. The smallest absolute Gasteiger partial charge is 0.417 e. The highest BCUT2D eigenvalue weighted by Crippen LogP contribution is 2.44. The summed E-state index contributed by atoms with van der Waals surface area (Å²) < 4.78 is 61.4. The zero-order chi connectivity index (χ0) is 44.2. The number of anilines is 2. The van der Waals surface area contributed by atoms with Crippen LogP contribution in [0.2, 0.25) is 0 Å². The molecule has 1 unspecified atom stereocenters. The van der Waals surface area contributed by atoms with Gasteiger partial charge in [0.15, 0.2) is 11.5 Å². The quantitative estimate of drug-likeness (QED) is 0.238. The maximum atomic E-state index is 15.5. The van der Waals surface area contributed by atoms with Crippen molar-refractivity contribution in [3.05, 3.63) is 76.2 Å². The number of alkyl halides is 3. The van der Waals surface area contributed by atoms with Crippen LogP contribution in [-0.2, 0) is 15.8 Å². The Balaban J connectivity index is 0.706. The number of likely N-dealkylation sites (tertiary alicyclic amines) is 1. The highest BCUT2D eigenvalue weighted by atomic mass is 19.4. The third kappa shape index (κ3) is 8.28. The molecule has 1 aromatic heterocycles. The Labute approximate surface area is 359 Å². The molecule has 1 saturated carbocycles. The van der Waals surface area contributed by atoms with Crippen LogP contribution in [0.4, 0.5) is 29.1 Å². The molecule has 1 atom stereocenters. The summed E-state index contributed by atoms with van der Waals surface area (Å²) in [5, 5.41) is 22.8. The third-order valence-electron chi connectivity index (χ3n) is 13.7. The number of benzene rings is 2. The summed E-state index contributed by atoms with van der Waals surface area (Å²) in [5.74, 6) is -2.76. The monoisotopic (exact) mass is 871 g/mol. The number of nitrogens with one attached hydrogen (secondary N) is 2. The molecule has 1 aliphatic carbocycles. The number of nitrogens with zero attached hydrogens (tertiary/aromatic N) is 7. The average molecular weight is 872 g/mol. The zero-order valence-electron chi connectivity index (χ0n) is 34.3. The molecule has 5 amide bonds. The van der Waals surface area contributed by atoms with Gasteiger partial charge in [-0.3, -0.25) is 39.1 Å². The lowest BCUT2D eigenvalue weighted by molar-refractivity contribution is -0.138. The van der Waals surface area contributed by atoms with Crippen molar-refractivity contribution in [1.29, 1.82) is 5.26 Å². The van der Waals surface area contributed by atoms with Gasteiger partial charge < -0.3 is 19.9 Å². The van der Waals surface area contributed by atoms with E-state index in [-0.39, 0.29) is 64.6 Å². The molecule has 6 heterocycles. The number of fused-ring (bicyclic) bond motifs is 1. The summed E-state index contributed by atoms with van der Waals surface area (Å²) in [6.45, 7) is 4.67. The number of amides is 5. The van der Waals surface area contributed by atoms with E-state index in [1.807, 2.05) is 4.90 Å². The van der Waals surface area contributed by atoms with Gasteiger partial charge in [0.1, 0.15) is 17.6 Å². The molecule has 1 spiro atoms. The molecule has 9 rings (SSSR count). The molecule has 63 heavy (non-hydrogen) atoms. The van der Waals surface area contributed by atoms with E-state index in [0.29, 0.717) is 50.6 Å². The minimum absolute atomic E-state index is 0.00411. The standard InChI is InChI=1S/C44H45F4N9O6/c45-33-20-30-31(42(62)57(41(30)61)35-8-10-38(58)51-40(35)60)21-36(33)54-17-13-43(14-18-54)23-56(24-43)27-11-15-55(16-12-27)37-9-7-34(52-53-37)39(59)50-26-2-5-28(6-3-26)63-29-4-1-25(22-49)32(19-29)44(46,47)48/h1,4,7,9,19-21,26-28,35H,2-3,5-6,8,10-18,23-24H2,(H,50,59)(H,51,58,60)/t26-,28-,35?. The summed E-state index contributed by atoms with van der Waals surface area (Å²) in [6, 6.07) is 10.0. The Morgan fingerprint density at radius 3 is 2.19 bits per heavy atom. The van der Waals surface area contributed by atoms with Crippen molar-refractivity contribution in [2.45, 2.75) is 94.6 Å². The van der Waals surface area contributed by atoms with Crippen LogP contribution >= 0.6 is 0 Å². The fourth-order valence-electron chi connectivity index (χ4n) is 10.1. The van der Waals surface area contributed by atoms with Crippen molar-refractivity contribution in [1.82, 2.24) is 30.6 Å². The highest BCUT2D eigenvalue weighted by molar-refractivity contribution is 6.23. The van der Waals surface area contributed by atoms with Crippen molar-refractivity contribution in [3.8, 4) is 11.8 Å². The number of carbonyl (C=O) groups excluding carboxylic acids is 5. The van der Waals surface area contributed by atoms with Crippen molar-refractivity contribution in [3.63, 3.8) is 0 Å². The second-order valence-corrected chi connectivity index (χ2v) is 17.6. The molecule has 3 aromatic rings. The van der Waals surface area contributed by atoms with Crippen LogP contribution in [0.5, 0.6) is 5.75 Å². The first-order chi connectivity index (χ1) is 30.2. The van der Waals surface area contributed by atoms with Crippen LogP contribution in [0, 0.1) is 22.6 Å². The van der Waals surface area contributed by atoms with Gasteiger partial charge in [0.05, 0.1) is 40.1 Å². The van der Waals surface area contributed by atoms with E-state index < -0.39 is 52.8 Å². The number of rotatable bonds is 8. The summed E-state index contributed by atoms with van der Waals surface area (Å²) in [5.41, 5.74) is -0.917. The number of ether oxygens (including phenoxy) is 1. The molecule has 6 aliphatic rings. The van der Waals surface area contributed by atoms with Crippen molar-refractivity contribution >= 4 is 41.0 Å². The van der Waals surface area contributed by atoms with E-state index in [1.165, 1.54) is 12.1 Å². The van der Waals surface area contributed by atoms with Crippen LogP contribution < -0.4 is 25.2 Å². The number of nitriles is 1. The number of carbonyl (C=O) groups is 5. The molecule has 5 aliphatic heterocycles. The third-order valence-corrected chi connectivity index (χ3v) is 13.7. The molecule has 5 fully saturated rings. The molecule has 330 valence electrons. The average Bonchev–Trinajstić information content (AvgIpc) is 3.50. The van der Waals surface area contributed by atoms with Crippen molar-refractivity contribution in [2.75, 3.05) is 49.1 Å². The minimum Gasteiger partial charge on any atom is -0.490 e. The number of halogens is 4. The Morgan fingerprint density at radius 2 is 1.56 bits per heavy atom. The first-order valence-corrected chi connectivity index (χ1v) is 21.4. The summed E-state index contributed by atoms with van der Waals surface area (Å²) in [6.07, 6.45) is 0.861. The fourth-order valence-corrected chi connectivity index (χ4v) is 10.1. The molecule has 19 heteroatoms. The van der Waals surface area contributed by atoms with E-state index in [2.05, 4.69) is 30.6 Å². The predicted molar refractivity (Wildman–Crippen MR) is 216 cm³/mol. The van der Waals surface area contributed by atoms with Gasteiger partial charge in [-0.25, -0.2) is 4.39 Å². The van der Waals surface area contributed by atoms with E-state index in [4.69, 9.17) is 10.00 Å². The fraction of sp³-hybridized carbons (Fsp3) is 0.500. The summed E-state index contributed by atoms with van der Waals surface area (Å²) >= 11 is 0. The van der Waals surface area contributed by atoms with Gasteiger partial charge in [-0.1, -0.05) is 0 Å². The number of piperidine rings is 3. The lowest BCUT2D eigenvalue weighted by Crippen LogP contribution is -2.64. The summed E-state index contributed by atoms with van der Waals surface area (Å²) in [4.78, 5) is 71.0. The first-order valence-electron chi connectivity index (χ1n) is 21.4. The lowest BCUT2D eigenvalue weighted by atomic mass is 9.70. The summed E-state index contributed by atoms with van der Waals surface area (Å²) in [7, 11) is 0. The van der Waals surface area contributed by atoms with Crippen LogP contribution in [0.15, 0.2) is 42.5 Å². The molecule has 0 radical (unpaired) electrons. The van der Waals surface area contributed by atoms with Crippen molar-refractivity contribution in [2.24, 2.45) is 5.41 Å². The second-order valence-electron chi connectivity index (χ2n) is 17.6. The number of imide groups is 2. The zero-order valence-corrected chi connectivity index (χ0v) is 34.3. The lowest BCUT2D eigenvalue weighted by Gasteiger charge is -2.57. The van der Waals surface area contributed by atoms with Gasteiger partial charge in [0.25, 0.3) is 17.7 Å². The highest BCUT2D eigenvalue weighted by Gasteiger charge is 2.49. The van der Waals surface area contributed by atoms with Crippen LogP contribution in [0.25, 0.3) is 0 Å². The number of aromatic nitrogens is 2. The maximum absolute atomic E-state index is 15.5. The maximum Gasteiger partial charge on any atom is 0.417 e. The molecule has 4 saturated heterocycles. The van der Waals surface area contributed by atoms with Crippen LogP contribution in [0.3, 0.4) is 0 Å². The van der Waals surface area contributed by atoms with E-state index in [1.54, 1.807) is 18.2 Å². The number of hydrogen-bond acceptors (Lipinski definition) is 12. The van der Waals surface area contributed by atoms with Crippen LogP contribution in [-0.4, -0.2) is 113 Å². The topological polar surface area (TPSA) is 181 Å². The van der Waals surface area contributed by atoms with E-state index >= 15 is 4.39 Å². The van der Waals surface area contributed by atoms with Gasteiger partial charge in [-0.05, 0) is 106 Å². The Bertz CT molecular complexity index is 2380. The molecule has 15 nitrogen and oxygen atoms in total. The van der Waals surface area contributed by atoms with E-state index in [0.717, 1.165) is 75.0 Å². The van der Waals surface area contributed by atoms with Gasteiger partial charge >= 0.3 is 6.18 Å². The van der Waals surface area contributed by atoms with Crippen molar-refractivity contribution < 1.29 is 46.3 Å². The molecule has 2 aromatic carbocycles. The Morgan fingerprint density at radius 1 is 0.857 bits per heavy atom. The normalized spacial score (nSPS) is 24.2. The van der Waals surface area contributed by atoms with Gasteiger partial charge in [-0.2, -0.15) is 18.4 Å². The van der Waals surface area contributed by atoms with Gasteiger partial charge in [-0.15, -0.1) is 10.2 Å². The SMILES string of the molecule is N#Cc1ccc(O[C@H]2CC[C@H](NC(=O)c3ccc(N4CCC(N5CC6(CCN(c7cc8c(cc7F)C(=O)N(C7CCC(=O)NC7=O)C8=O)CC6)C5)CC4)nn3)CC2)cc1C(F)(F)F. The first kappa shape index (κ1) is 42.2. The molecule has 2 N–H and O–H groups in total. The second kappa shape index (κ2) is 16.5. The molecule has 0 bridgehead atoms. The van der Waals surface area contributed by atoms with Crippen LogP contribution in [0.1, 0.15) is 107 Å². The predicted octanol–water partition coefficient (Wildman–Crippen LogP) is 4.60. The minimum atomic E-state index is -4.67. The van der Waals surface area contributed by atoms with Gasteiger partial charge in [0.2, 0.25) is 11.8 Å². The number of hydrogen-bond donors (Lipinski definition) is 2. The molecular weight excluding hydrogens is 827 g/mol. The van der Waals surface area contributed by atoms with Gasteiger partial charge in [0, 0.05) is 57.8 Å². The molecular formula is C44H45F4N9O6. The Kier molecular flexibility index (Phi) is 11.1.